The van der Waals surface area contributed by atoms with Gasteiger partial charge in [-0.3, -0.25) is 14.4 Å². The van der Waals surface area contributed by atoms with Crippen molar-refractivity contribution in [2.24, 2.45) is 11.8 Å². The summed E-state index contributed by atoms with van der Waals surface area (Å²) in [5, 5.41) is 16.0. The Hall–Kier alpha value is -1.97. The third-order valence-corrected chi connectivity index (χ3v) is 8.14. The van der Waals surface area contributed by atoms with Crippen LogP contribution in [0.15, 0.2) is 30.3 Å². The predicted molar refractivity (Wildman–Crippen MR) is 125 cm³/mol. The Balaban J connectivity index is 1.76. The third kappa shape index (κ3) is 3.88. The molecule has 4 rings (SSSR count). The van der Waals surface area contributed by atoms with Gasteiger partial charge in [-0.05, 0) is 18.4 Å². The number of benzene rings is 1. The number of ether oxygens (including phenoxy) is 1. The fourth-order valence-corrected chi connectivity index (χ4v) is 6.82. The highest BCUT2D eigenvalue weighted by Gasteiger charge is 2.77. The molecule has 0 aliphatic carbocycles. The zero-order chi connectivity index (χ0) is 23.8. The first-order valence-electron chi connectivity index (χ1n) is 11.7. The molecule has 33 heavy (non-hydrogen) atoms. The predicted octanol–water partition coefficient (Wildman–Crippen LogP) is 1.52. The van der Waals surface area contributed by atoms with Gasteiger partial charge in [-0.15, -0.1) is 0 Å². The molecule has 3 aliphatic rings. The van der Waals surface area contributed by atoms with Crippen LogP contribution in [0.5, 0.6) is 0 Å². The normalized spacial score (nSPS) is 33.2. The van der Waals surface area contributed by atoms with Crippen molar-refractivity contribution in [3.63, 3.8) is 0 Å². The van der Waals surface area contributed by atoms with Crippen molar-refractivity contribution < 1.29 is 24.2 Å². The van der Waals surface area contributed by atoms with Crippen LogP contribution in [0.1, 0.15) is 44.2 Å². The minimum absolute atomic E-state index is 0.150. The number of carbonyl (C=O) groups is 3. The maximum absolute atomic E-state index is 13.9. The van der Waals surface area contributed by atoms with Crippen LogP contribution in [0, 0.1) is 11.8 Å². The number of amides is 3. The molecule has 3 N–H and O–H groups in total. The fourth-order valence-electron chi connectivity index (χ4n) is 5.88. The summed E-state index contributed by atoms with van der Waals surface area (Å²) < 4.78 is 6.41. The molecule has 0 radical (unpaired) electrons. The van der Waals surface area contributed by atoms with Gasteiger partial charge in [0, 0.05) is 18.4 Å². The zero-order valence-corrected chi connectivity index (χ0v) is 20.6. The number of unbranched alkanes of at least 4 members (excludes halogenated alkanes) is 2. The summed E-state index contributed by atoms with van der Waals surface area (Å²) in [5.74, 6) is -2.36. The molecule has 3 amide bonds. The highest BCUT2D eigenvalue weighted by molar-refractivity contribution is 9.09. The van der Waals surface area contributed by atoms with Crippen molar-refractivity contribution in [3.05, 3.63) is 35.9 Å². The Labute approximate surface area is 202 Å². The van der Waals surface area contributed by atoms with Crippen LogP contribution >= 0.6 is 15.9 Å². The summed E-state index contributed by atoms with van der Waals surface area (Å²) in [6.07, 6.45) is 2.82. The van der Waals surface area contributed by atoms with Crippen molar-refractivity contribution in [2.45, 2.75) is 61.2 Å². The van der Waals surface area contributed by atoms with Crippen molar-refractivity contribution >= 4 is 33.7 Å². The molecule has 3 heterocycles. The van der Waals surface area contributed by atoms with Gasteiger partial charge < -0.3 is 25.4 Å². The lowest BCUT2D eigenvalue weighted by Gasteiger charge is -2.37. The first kappa shape index (κ1) is 24.2. The number of likely N-dealkylation sites (tertiary alicyclic amines) is 1. The second kappa shape index (κ2) is 9.72. The van der Waals surface area contributed by atoms with E-state index in [-0.39, 0.29) is 29.2 Å². The van der Waals surface area contributed by atoms with Crippen LogP contribution in [0.3, 0.4) is 0 Å². The molecule has 9 heteroatoms. The highest BCUT2D eigenvalue weighted by Crippen LogP contribution is 2.61. The molecule has 1 aromatic rings. The first-order valence-corrected chi connectivity index (χ1v) is 12.6. The Kier molecular flexibility index (Phi) is 7.12. The largest absolute Gasteiger partial charge is 0.394 e. The van der Waals surface area contributed by atoms with E-state index in [4.69, 9.17) is 4.74 Å². The van der Waals surface area contributed by atoms with Crippen LogP contribution in [0.25, 0.3) is 0 Å². The zero-order valence-electron chi connectivity index (χ0n) is 19.0. The van der Waals surface area contributed by atoms with Crippen LogP contribution in [-0.2, 0) is 19.1 Å². The molecule has 8 nitrogen and oxygen atoms in total. The summed E-state index contributed by atoms with van der Waals surface area (Å²) in [6.45, 7) is 2.25. The van der Waals surface area contributed by atoms with E-state index >= 15 is 0 Å². The van der Waals surface area contributed by atoms with E-state index in [0.717, 1.165) is 24.8 Å². The smallest absolute Gasteiger partial charge is 0.245 e. The molecule has 1 aromatic carbocycles. The van der Waals surface area contributed by atoms with Crippen molar-refractivity contribution in [1.29, 1.82) is 0 Å². The Morgan fingerprint density at radius 1 is 1.27 bits per heavy atom. The number of hydrogen-bond acceptors (Lipinski definition) is 5. The molecule has 1 spiro atoms. The van der Waals surface area contributed by atoms with Gasteiger partial charge >= 0.3 is 0 Å². The van der Waals surface area contributed by atoms with Gasteiger partial charge in [0.05, 0.1) is 30.6 Å². The van der Waals surface area contributed by atoms with Gasteiger partial charge in [-0.2, -0.15) is 0 Å². The van der Waals surface area contributed by atoms with Crippen LogP contribution < -0.4 is 10.6 Å². The number of fused-ring (bicyclic) bond motifs is 1. The number of hydrogen-bond donors (Lipinski definition) is 3. The minimum atomic E-state index is -1.12. The minimum Gasteiger partial charge on any atom is -0.394 e. The van der Waals surface area contributed by atoms with E-state index in [2.05, 4.69) is 33.5 Å². The number of carbonyl (C=O) groups excluding carboxylic acids is 3. The molecule has 3 fully saturated rings. The second-order valence-corrected chi connectivity index (χ2v) is 10.3. The van der Waals surface area contributed by atoms with Gasteiger partial charge in [-0.1, -0.05) is 66.0 Å². The maximum atomic E-state index is 13.9. The van der Waals surface area contributed by atoms with Gasteiger partial charge in [0.15, 0.2) is 0 Å². The van der Waals surface area contributed by atoms with E-state index < -0.39 is 35.6 Å². The average Bonchev–Trinajstić information content (AvgIpc) is 3.41. The quantitative estimate of drug-likeness (QED) is 0.337. The molecule has 3 aliphatic heterocycles. The van der Waals surface area contributed by atoms with Gasteiger partial charge in [0.1, 0.15) is 11.6 Å². The third-order valence-electron chi connectivity index (χ3n) is 7.30. The van der Waals surface area contributed by atoms with Crippen molar-refractivity contribution in [2.75, 3.05) is 20.2 Å². The molecule has 2 bridgehead atoms. The summed E-state index contributed by atoms with van der Waals surface area (Å²) in [5.41, 5.74) is -0.389. The lowest BCUT2D eigenvalue weighted by molar-refractivity contribution is -0.145. The van der Waals surface area contributed by atoms with Crippen LogP contribution in [-0.4, -0.2) is 70.5 Å². The van der Waals surface area contributed by atoms with Gasteiger partial charge in [0.25, 0.3) is 0 Å². The SMILES string of the molecule is CCCCCNC(=O)C1N([C@H](CO)c2ccccc2)C(=O)[C@@H]2[C@H](C(=O)NC)[C@H]3OC12CC3Br. The van der Waals surface area contributed by atoms with E-state index in [9.17, 15) is 19.5 Å². The summed E-state index contributed by atoms with van der Waals surface area (Å²) in [6, 6.07) is 7.54. The number of nitrogens with zero attached hydrogens (tertiary/aromatic N) is 1. The van der Waals surface area contributed by atoms with Crippen molar-refractivity contribution in [1.82, 2.24) is 15.5 Å². The lowest BCUT2D eigenvalue weighted by Crippen LogP contribution is -2.56. The molecule has 0 saturated carbocycles. The number of aliphatic hydroxyl groups is 1. The van der Waals surface area contributed by atoms with E-state index in [1.165, 1.54) is 4.90 Å². The number of halogens is 1. The number of alkyl halides is 1. The van der Waals surface area contributed by atoms with E-state index in [1.807, 2.05) is 30.3 Å². The lowest BCUT2D eigenvalue weighted by atomic mass is 9.70. The molecule has 3 saturated heterocycles. The highest BCUT2D eigenvalue weighted by atomic mass is 79.9. The average molecular weight is 522 g/mol. The van der Waals surface area contributed by atoms with Gasteiger partial charge in [0.2, 0.25) is 17.7 Å². The first-order chi connectivity index (χ1) is 15.9. The van der Waals surface area contributed by atoms with Crippen molar-refractivity contribution in [3.8, 4) is 0 Å². The van der Waals surface area contributed by atoms with Crippen LogP contribution in [0.2, 0.25) is 0 Å². The summed E-state index contributed by atoms with van der Waals surface area (Å²) >= 11 is 3.64. The summed E-state index contributed by atoms with van der Waals surface area (Å²) in [7, 11) is 1.54. The van der Waals surface area contributed by atoms with E-state index in [0.29, 0.717) is 13.0 Å². The molecule has 7 atom stereocenters. The van der Waals surface area contributed by atoms with Crippen LogP contribution in [0.4, 0.5) is 0 Å². The monoisotopic (exact) mass is 521 g/mol. The number of rotatable bonds is 9. The molecule has 180 valence electrons. The molecule has 0 aromatic heterocycles. The Morgan fingerprint density at radius 3 is 2.64 bits per heavy atom. The number of aliphatic hydroxyl groups excluding tert-OH is 1. The number of nitrogens with one attached hydrogen (secondary N) is 2. The Morgan fingerprint density at radius 2 is 2.00 bits per heavy atom. The Bertz CT molecular complexity index is 899. The van der Waals surface area contributed by atoms with Gasteiger partial charge in [-0.25, -0.2) is 0 Å². The molecular weight excluding hydrogens is 490 g/mol. The maximum Gasteiger partial charge on any atom is 0.245 e. The summed E-state index contributed by atoms with van der Waals surface area (Å²) in [4.78, 5) is 41.7. The van der Waals surface area contributed by atoms with E-state index in [1.54, 1.807) is 7.05 Å². The fraction of sp³-hybridized carbons (Fsp3) is 0.625. The second-order valence-electron chi connectivity index (χ2n) is 9.13. The molecular formula is C24H32BrN3O5. The standard InChI is InChI=1S/C24H32BrN3O5/c1-3-4-8-11-27-22(31)20-24-12-15(25)19(33-24)17(21(30)26-2)18(24)23(32)28(20)16(13-29)14-9-6-5-7-10-14/h5-7,9-10,15-20,29H,3-4,8,11-13H2,1-2H3,(H,26,30)(H,27,31)/t15?,16-,17+,18+,19+,20?,24?/m1/s1. The topological polar surface area (TPSA) is 108 Å². The molecule has 3 unspecified atom stereocenters.